The van der Waals surface area contributed by atoms with E-state index in [1.54, 1.807) is 18.2 Å². The first-order chi connectivity index (χ1) is 12.0. The van der Waals surface area contributed by atoms with Crippen molar-refractivity contribution >= 4 is 29.0 Å². The van der Waals surface area contributed by atoms with Crippen molar-refractivity contribution < 1.29 is 14.6 Å². The van der Waals surface area contributed by atoms with Gasteiger partial charge >= 0.3 is 5.97 Å². The molecule has 0 aliphatic carbocycles. The lowest BCUT2D eigenvalue weighted by Gasteiger charge is -2.09. The van der Waals surface area contributed by atoms with E-state index in [1.807, 2.05) is 43.3 Å². The molecule has 0 saturated heterocycles. The molecule has 3 N–H and O–H groups in total. The predicted octanol–water partition coefficient (Wildman–Crippen LogP) is 2.54. The molecule has 0 aromatic heterocycles. The van der Waals surface area contributed by atoms with Crippen LogP contribution in [0, 0.1) is 0 Å². The number of hydrazone groups is 1. The van der Waals surface area contributed by atoms with Crippen LogP contribution in [0.2, 0.25) is 0 Å². The Morgan fingerprint density at radius 2 is 1.96 bits per heavy atom. The molecule has 6 nitrogen and oxygen atoms in total. The summed E-state index contributed by atoms with van der Waals surface area (Å²) in [6.07, 6.45) is 0. The number of nitrogens with zero attached hydrogens (tertiary/aromatic N) is 1. The molecule has 2 aromatic carbocycles. The highest BCUT2D eigenvalue weighted by atomic mass is 32.1. The van der Waals surface area contributed by atoms with Gasteiger partial charge in [-0.25, -0.2) is 4.79 Å². The Morgan fingerprint density at radius 3 is 2.68 bits per heavy atom. The number of aliphatic carboxylic acids is 1. The maximum absolute atomic E-state index is 10.6. The van der Waals surface area contributed by atoms with Crippen LogP contribution in [0.15, 0.2) is 59.7 Å². The predicted molar refractivity (Wildman–Crippen MR) is 101 cm³/mol. The molecule has 0 saturated carbocycles. The zero-order chi connectivity index (χ0) is 18.1. The van der Waals surface area contributed by atoms with Crippen molar-refractivity contribution in [3.63, 3.8) is 0 Å². The summed E-state index contributed by atoms with van der Waals surface area (Å²) >= 11 is 5.20. The highest BCUT2D eigenvalue weighted by Gasteiger charge is 2.03. The minimum atomic E-state index is -1.02. The lowest BCUT2D eigenvalue weighted by atomic mass is 10.1. The molecule has 0 aliphatic heterocycles. The van der Waals surface area contributed by atoms with Crippen molar-refractivity contribution in [3.8, 4) is 5.75 Å². The molecule has 2 aromatic rings. The van der Waals surface area contributed by atoms with Crippen LogP contribution >= 0.6 is 12.2 Å². The number of ether oxygens (including phenoxy) is 1. The summed E-state index contributed by atoms with van der Waals surface area (Å²) in [4.78, 5) is 10.6. The second kappa shape index (κ2) is 9.39. The van der Waals surface area contributed by atoms with Gasteiger partial charge in [0.2, 0.25) is 0 Å². The number of thiocarbonyl (C=S) groups is 1. The van der Waals surface area contributed by atoms with Gasteiger partial charge in [0.15, 0.2) is 11.7 Å². The van der Waals surface area contributed by atoms with E-state index in [4.69, 9.17) is 22.1 Å². The second-order valence-electron chi connectivity index (χ2n) is 5.19. The van der Waals surface area contributed by atoms with Crippen LogP contribution in [0.1, 0.15) is 18.1 Å². The summed E-state index contributed by atoms with van der Waals surface area (Å²) in [6.45, 7) is 2.05. The van der Waals surface area contributed by atoms with Gasteiger partial charge in [-0.3, -0.25) is 5.43 Å². The summed E-state index contributed by atoms with van der Waals surface area (Å²) in [5.74, 6) is -0.550. The molecule has 0 atom stereocenters. The SMILES string of the molecule is C/C(=N/NC(=S)NCc1ccccc1)c1cccc(OCC(=O)O)c1. The van der Waals surface area contributed by atoms with Crippen LogP contribution in [0.4, 0.5) is 0 Å². The number of carboxylic acid groups (broad SMARTS) is 1. The van der Waals surface area contributed by atoms with Gasteiger partial charge in [-0.15, -0.1) is 0 Å². The number of nitrogens with one attached hydrogen (secondary N) is 2. The van der Waals surface area contributed by atoms with Crippen molar-refractivity contribution in [2.45, 2.75) is 13.5 Å². The van der Waals surface area contributed by atoms with Gasteiger partial charge in [0.1, 0.15) is 5.75 Å². The van der Waals surface area contributed by atoms with Gasteiger partial charge in [0, 0.05) is 12.1 Å². The van der Waals surface area contributed by atoms with Crippen molar-refractivity contribution in [2.24, 2.45) is 5.10 Å². The summed E-state index contributed by atoms with van der Waals surface area (Å²) in [5.41, 5.74) is 5.42. The quantitative estimate of drug-likeness (QED) is 0.401. The number of rotatable bonds is 7. The standard InChI is InChI=1S/C18H19N3O3S/c1-13(15-8-5-9-16(10-15)24-12-17(22)23)20-21-18(25)19-11-14-6-3-2-4-7-14/h2-10H,11-12H2,1H3,(H,22,23)(H2,19,21,25)/b20-13-. The molecular formula is C18H19N3O3S. The fourth-order valence-corrected chi connectivity index (χ4v) is 2.09. The lowest BCUT2D eigenvalue weighted by Crippen LogP contribution is -2.32. The third kappa shape index (κ3) is 6.60. The van der Waals surface area contributed by atoms with Gasteiger partial charge in [0.25, 0.3) is 0 Å². The topological polar surface area (TPSA) is 83.0 Å². The summed E-state index contributed by atoms with van der Waals surface area (Å²) in [7, 11) is 0. The van der Waals surface area contributed by atoms with Gasteiger partial charge < -0.3 is 15.2 Å². The van der Waals surface area contributed by atoms with Gasteiger partial charge in [-0.2, -0.15) is 5.10 Å². The summed E-state index contributed by atoms with van der Waals surface area (Å²) in [5, 5.41) is 16.4. The molecule has 2 rings (SSSR count). The molecule has 0 radical (unpaired) electrons. The minimum Gasteiger partial charge on any atom is -0.482 e. The molecule has 0 unspecified atom stereocenters. The van der Waals surface area contributed by atoms with E-state index < -0.39 is 5.97 Å². The zero-order valence-electron chi connectivity index (χ0n) is 13.7. The van der Waals surface area contributed by atoms with Crippen molar-refractivity contribution in [3.05, 3.63) is 65.7 Å². The van der Waals surface area contributed by atoms with E-state index in [2.05, 4.69) is 15.8 Å². The number of carbonyl (C=O) groups is 1. The molecule has 25 heavy (non-hydrogen) atoms. The van der Waals surface area contributed by atoms with Crippen molar-refractivity contribution in [2.75, 3.05) is 6.61 Å². The molecule has 0 bridgehead atoms. The number of hydrogen-bond donors (Lipinski definition) is 3. The average Bonchev–Trinajstić information content (AvgIpc) is 2.63. The first-order valence-corrected chi connectivity index (χ1v) is 8.02. The smallest absolute Gasteiger partial charge is 0.341 e. The molecule has 0 aliphatic rings. The number of benzene rings is 2. The molecule has 7 heteroatoms. The van der Waals surface area contributed by atoms with Crippen LogP contribution in [0.5, 0.6) is 5.75 Å². The maximum Gasteiger partial charge on any atom is 0.341 e. The van der Waals surface area contributed by atoms with Crippen LogP contribution in [0.25, 0.3) is 0 Å². The van der Waals surface area contributed by atoms with E-state index >= 15 is 0 Å². The number of carboxylic acids is 1. The fourth-order valence-electron chi connectivity index (χ4n) is 1.97. The first-order valence-electron chi connectivity index (χ1n) is 7.61. The molecule has 130 valence electrons. The molecule has 0 amide bonds. The van der Waals surface area contributed by atoms with Crippen molar-refractivity contribution in [1.82, 2.24) is 10.7 Å². The molecule has 0 heterocycles. The Morgan fingerprint density at radius 1 is 1.20 bits per heavy atom. The third-order valence-corrected chi connectivity index (χ3v) is 3.47. The van der Waals surface area contributed by atoms with Gasteiger partial charge in [-0.1, -0.05) is 42.5 Å². The van der Waals surface area contributed by atoms with E-state index in [9.17, 15) is 4.79 Å². The van der Waals surface area contributed by atoms with E-state index in [-0.39, 0.29) is 6.61 Å². The van der Waals surface area contributed by atoms with E-state index in [0.29, 0.717) is 23.1 Å². The average molecular weight is 357 g/mol. The largest absolute Gasteiger partial charge is 0.482 e. The Labute approximate surface area is 151 Å². The molecule has 0 spiro atoms. The van der Waals surface area contributed by atoms with Crippen LogP contribution in [-0.2, 0) is 11.3 Å². The Kier molecular flexibility index (Phi) is 6.91. The minimum absolute atomic E-state index is 0.384. The monoisotopic (exact) mass is 357 g/mol. The third-order valence-electron chi connectivity index (χ3n) is 3.24. The second-order valence-corrected chi connectivity index (χ2v) is 5.60. The van der Waals surface area contributed by atoms with Gasteiger partial charge in [-0.05, 0) is 36.8 Å². The summed E-state index contributed by atoms with van der Waals surface area (Å²) < 4.78 is 5.16. The highest BCUT2D eigenvalue weighted by Crippen LogP contribution is 2.14. The molecular weight excluding hydrogens is 338 g/mol. The fraction of sp³-hybridized carbons (Fsp3) is 0.167. The van der Waals surface area contributed by atoms with E-state index in [0.717, 1.165) is 11.1 Å². The first kappa shape index (κ1) is 18.4. The Hall–Kier alpha value is -2.93. The zero-order valence-corrected chi connectivity index (χ0v) is 14.5. The van der Waals surface area contributed by atoms with Crippen molar-refractivity contribution in [1.29, 1.82) is 0 Å². The normalized spacial score (nSPS) is 10.8. The molecule has 0 fully saturated rings. The summed E-state index contributed by atoms with van der Waals surface area (Å²) in [6, 6.07) is 17.0. The Balaban J connectivity index is 1.88. The van der Waals surface area contributed by atoms with Crippen LogP contribution < -0.4 is 15.5 Å². The lowest BCUT2D eigenvalue weighted by molar-refractivity contribution is -0.139. The van der Waals surface area contributed by atoms with Crippen LogP contribution in [-0.4, -0.2) is 28.5 Å². The van der Waals surface area contributed by atoms with Gasteiger partial charge in [0.05, 0.1) is 5.71 Å². The van der Waals surface area contributed by atoms with Crippen LogP contribution in [0.3, 0.4) is 0 Å². The highest BCUT2D eigenvalue weighted by molar-refractivity contribution is 7.80. The Bertz CT molecular complexity index is 763. The number of hydrogen-bond acceptors (Lipinski definition) is 4. The van der Waals surface area contributed by atoms with E-state index in [1.165, 1.54) is 0 Å². The maximum atomic E-state index is 10.6.